The van der Waals surface area contributed by atoms with E-state index >= 15 is 0 Å². The van der Waals surface area contributed by atoms with Gasteiger partial charge in [-0.1, -0.05) is 50.2 Å². The molecule has 3 rings (SSSR count). The zero-order valence-electron chi connectivity index (χ0n) is 14.8. The fourth-order valence-corrected chi connectivity index (χ4v) is 2.71. The van der Waals surface area contributed by atoms with Crippen LogP contribution in [-0.2, 0) is 4.79 Å². The number of hydrogen-bond donors (Lipinski definition) is 2. The number of hydrogen-bond acceptors (Lipinski definition) is 3. The van der Waals surface area contributed by atoms with E-state index in [2.05, 4.69) is 15.6 Å². The number of amides is 2. The Kier molecular flexibility index (Phi) is 5.27. The van der Waals surface area contributed by atoms with Gasteiger partial charge in [-0.15, -0.1) is 0 Å². The summed E-state index contributed by atoms with van der Waals surface area (Å²) in [7, 11) is 0. The highest BCUT2D eigenvalue weighted by molar-refractivity contribution is 6.01. The summed E-state index contributed by atoms with van der Waals surface area (Å²) in [5.74, 6) is -0.589. The molecule has 0 radical (unpaired) electrons. The number of nitrogens with one attached hydrogen (secondary N) is 2. The fourth-order valence-electron chi connectivity index (χ4n) is 2.71. The number of nitrogens with zero attached hydrogens (tertiary/aromatic N) is 1. The lowest BCUT2D eigenvalue weighted by atomic mass is 10.0. The Balaban J connectivity index is 1.74. The number of aromatic nitrogens is 1. The molecule has 2 N–H and O–H groups in total. The Bertz CT molecular complexity index is 923. The van der Waals surface area contributed by atoms with E-state index in [1.54, 1.807) is 30.5 Å². The number of rotatable bonds is 5. The van der Waals surface area contributed by atoms with E-state index in [1.807, 2.05) is 50.2 Å². The van der Waals surface area contributed by atoms with E-state index < -0.39 is 6.04 Å². The van der Waals surface area contributed by atoms with Gasteiger partial charge in [0.2, 0.25) is 5.91 Å². The Hall–Kier alpha value is -3.21. The summed E-state index contributed by atoms with van der Waals surface area (Å²) in [6, 6.07) is 17.8. The third kappa shape index (κ3) is 4.06. The molecular weight excluding hydrogens is 326 g/mol. The molecule has 5 nitrogen and oxygen atoms in total. The van der Waals surface area contributed by atoms with Gasteiger partial charge in [-0.3, -0.25) is 14.6 Å². The molecule has 0 saturated carbocycles. The molecule has 3 aromatic rings. The Morgan fingerprint density at radius 3 is 2.38 bits per heavy atom. The second-order valence-electron chi connectivity index (χ2n) is 6.47. The van der Waals surface area contributed by atoms with Gasteiger partial charge in [0.1, 0.15) is 6.04 Å². The molecule has 0 spiro atoms. The number of anilines is 1. The first-order valence-corrected chi connectivity index (χ1v) is 8.56. The van der Waals surface area contributed by atoms with Gasteiger partial charge in [0, 0.05) is 10.9 Å². The van der Waals surface area contributed by atoms with Gasteiger partial charge in [0.25, 0.3) is 5.91 Å². The van der Waals surface area contributed by atoms with Crippen LogP contribution in [0.1, 0.15) is 24.2 Å². The van der Waals surface area contributed by atoms with Gasteiger partial charge < -0.3 is 10.6 Å². The van der Waals surface area contributed by atoms with Crippen LogP contribution in [0.15, 0.2) is 66.9 Å². The number of pyridine rings is 1. The summed E-state index contributed by atoms with van der Waals surface area (Å²) in [4.78, 5) is 29.4. The Labute approximate surface area is 152 Å². The maximum Gasteiger partial charge on any atom is 0.251 e. The molecule has 5 heteroatoms. The van der Waals surface area contributed by atoms with Crippen LogP contribution >= 0.6 is 0 Å². The minimum absolute atomic E-state index is 0.0592. The largest absolute Gasteiger partial charge is 0.340 e. The molecule has 1 aromatic heterocycles. The third-order valence-electron chi connectivity index (χ3n) is 4.13. The van der Waals surface area contributed by atoms with E-state index in [0.717, 1.165) is 10.9 Å². The van der Waals surface area contributed by atoms with Gasteiger partial charge >= 0.3 is 0 Å². The molecule has 2 amide bonds. The molecule has 1 heterocycles. The highest BCUT2D eigenvalue weighted by Gasteiger charge is 2.24. The molecule has 132 valence electrons. The smallest absolute Gasteiger partial charge is 0.251 e. The van der Waals surface area contributed by atoms with Crippen molar-refractivity contribution in [1.82, 2.24) is 10.3 Å². The summed E-state index contributed by atoms with van der Waals surface area (Å²) in [6.07, 6.45) is 1.62. The van der Waals surface area contributed by atoms with Gasteiger partial charge in [-0.05, 0) is 30.2 Å². The fraction of sp³-hybridized carbons (Fsp3) is 0.190. The van der Waals surface area contributed by atoms with Crippen molar-refractivity contribution in [2.45, 2.75) is 19.9 Å². The molecule has 26 heavy (non-hydrogen) atoms. The van der Waals surface area contributed by atoms with Gasteiger partial charge in [0.15, 0.2) is 0 Å². The monoisotopic (exact) mass is 347 g/mol. The zero-order valence-corrected chi connectivity index (χ0v) is 14.8. The van der Waals surface area contributed by atoms with Crippen LogP contribution in [0.2, 0.25) is 0 Å². The first-order valence-electron chi connectivity index (χ1n) is 8.56. The molecule has 0 aliphatic carbocycles. The van der Waals surface area contributed by atoms with Crippen molar-refractivity contribution in [3.8, 4) is 0 Å². The molecule has 0 bridgehead atoms. The van der Waals surface area contributed by atoms with E-state index in [1.165, 1.54) is 0 Å². The second-order valence-corrected chi connectivity index (χ2v) is 6.47. The number of carbonyl (C=O) groups is 2. The van der Waals surface area contributed by atoms with E-state index in [4.69, 9.17) is 0 Å². The summed E-state index contributed by atoms with van der Waals surface area (Å²) < 4.78 is 0. The normalized spacial score (nSPS) is 12.0. The third-order valence-corrected chi connectivity index (χ3v) is 4.13. The number of benzene rings is 2. The zero-order chi connectivity index (χ0) is 18.5. The molecule has 0 aliphatic rings. The van der Waals surface area contributed by atoms with E-state index in [0.29, 0.717) is 11.3 Å². The Morgan fingerprint density at radius 2 is 1.65 bits per heavy atom. The molecule has 2 aromatic carbocycles. The van der Waals surface area contributed by atoms with Crippen LogP contribution in [-0.4, -0.2) is 22.8 Å². The lowest BCUT2D eigenvalue weighted by Crippen LogP contribution is -2.47. The standard InChI is InChI=1S/C21H21N3O2/c1-14(2)19(24-20(25)15-8-4-3-5-9-15)21(26)23-17-12-16-10-6-7-11-18(16)22-13-17/h3-14,19H,1-2H3,(H,23,26)(H,24,25)/t19-/m1/s1. The predicted octanol–water partition coefficient (Wildman–Crippen LogP) is 3.63. The maximum absolute atomic E-state index is 12.7. The number of carbonyl (C=O) groups excluding carboxylic acids is 2. The van der Waals surface area contributed by atoms with Gasteiger partial charge in [-0.2, -0.15) is 0 Å². The van der Waals surface area contributed by atoms with Crippen molar-refractivity contribution in [2.75, 3.05) is 5.32 Å². The molecular formula is C21H21N3O2. The van der Waals surface area contributed by atoms with Crippen LogP contribution in [0.25, 0.3) is 10.9 Å². The van der Waals surface area contributed by atoms with Crippen molar-refractivity contribution in [2.24, 2.45) is 5.92 Å². The SMILES string of the molecule is CC(C)[C@@H](NC(=O)c1ccccc1)C(=O)Nc1cnc2ccccc2c1. The Morgan fingerprint density at radius 1 is 0.962 bits per heavy atom. The van der Waals surface area contributed by atoms with Crippen LogP contribution in [0.3, 0.4) is 0 Å². The highest BCUT2D eigenvalue weighted by atomic mass is 16.2. The first-order chi connectivity index (χ1) is 12.5. The molecule has 0 saturated heterocycles. The molecule has 1 atom stereocenters. The van der Waals surface area contributed by atoms with Crippen molar-refractivity contribution in [1.29, 1.82) is 0 Å². The topological polar surface area (TPSA) is 71.1 Å². The summed E-state index contributed by atoms with van der Waals surface area (Å²) in [6.45, 7) is 3.79. The maximum atomic E-state index is 12.7. The average Bonchev–Trinajstić information content (AvgIpc) is 2.66. The van der Waals surface area contributed by atoms with Crippen molar-refractivity contribution in [3.63, 3.8) is 0 Å². The van der Waals surface area contributed by atoms with E-state index in [-0.39, 0.29) is 17.7 Å². The molecule has 0 unspecified atom stereocenters. The van der Waals surface area contributed by atoms with Crippen molar-refractivity contribution >= 4 is 28.4 Å². The van der Waals surface area contributed by atoms with Gasteiger partial charge in [-0.25, -0.2) is 0 Å². The predicted molar refractivity (Wildman–Crippen MR) is 103 cm³/mol. The lowest BCUT2D eigenvalue weighted by molar-refractivity contribution is -0.118. The van der Waals surface area contributed by atoms with Crippen LogP contribution in [0.4, 0.5) is 5.69 Å². The van der Waals surface area contributed by atoms with E-state index in [9.17, 15) is 9.59 Å². The number of fused-ring (bicyclic) bond motifs is 1. The summed E-state index contributed by atoms with van der Waals surface area (Å²) in [5, 5.41) is 6.62. The molecule has 0 aliphatic heterocycles. The highest BCUT2D eigenvalue weighted by Crippen LogP contribution is 2.17. The lowest BCUT2D eigenvalue weighted by Gasteiger charge is -2.21. The van der Waals surface area contributed by atoms with Crippen LogP contribution < -0.4 is 10.6 Å². The second kappa shape index (κ2) is 7.78. The average molecular weight is 347 g/mol. The van der Waals surface area contributed by atoms with Crippen LogP contribution in [0.5, 0.6) is 0 Å². The first kappa shape index (κ1) is 17.6. The van der Waals surface area contributed by atoms with Crippen molar-refractivity contribution < 1.29 is 9.59 Å². The molecule has 0 fully saturated rings. The minimum atomic E-state index is -0.644. The van der Waals surface area contributed by atoms with Gasteiger partial charge in [0.05, 0.1) is 17.4 Å². The summed E-state index contributed by atoms with van der Waals surface area (Å²) >= 11 is 0. The number of para-hydroxylation sites is 1. The summed E-state index contributed by atoms with van der Waals surface area (Å²) in [5.41, 5.74) is 2.00. The minimum Gasteiger partial charge on any atom is -0.340 e. The van der Waals surface area contributed by atoms with Crippen LogP contribution in [0, 0.1) is 5.92 Å². The van der Waals surface area contributed by atoms with Crippen molar-refractivity contribution in [3.05, 3.63) is 72.4 Å². The quantitative estimate of drug-likeness (QED) is 0.740.